The predicted molar refractivity (Wildman–Crippen MR) is 78.4 cm³/mol. The van der Waals surface area contributed by atoms with Gasteiger partial charge in [0.2, 0.25) is 4.33 Å². The fraction of sp³-hybridized carbons (Fsp3) is 0.500. The first kappa shape index (κ1) is 18.2. The summed E-state index contributed by atoms with van der Waals surface area (Å²) in [6.07, 6.45) is -5.98. The van der Waals surface area contributed by atoms with Crippen LogP contribution < -0.4 is 5.32 Å². The van der Waals surface area contributed by atoms with Gasteiger partial charge in [-0.2, -0.15) is 13.2 Å². The monoisotopic (exact) mass is 371 g/mol. The number of hydrogen-bond donors (Lipinski definition) is 1. The van der Waals surface area contributed by atoms with E-state index in [1.165, 1.54) is 7.11 Å². The average molecular weight is 372 g/mol. The summed E-state index contributed by atoms with van der Waals surface area (Å²) in [5.41, 5.74) is 0.0430. The highest BCUT2D eigenvalue weighted by molar-refractivity contribution is 6.49. The number of carbonyl (C=O) groups is 1. The zero-order chi connectivity index (χ0) is 17.3. The number of hydrogen-bond acceptors (Lipinski definition) is 3. The highest BCUT2D eigenvalue weighted by atomic mass is 35.5. The fourth-order valence-electron chi connectivity index (χ4n) is 2.13. The molecule has 0 radical (unpaired) electrons. The minimum absolute atomic E-state index is 0.0954. The van der Waals surface area contributed by atoms with Crippen LogP contribution in [0.15, 0.2) is 24.3 Å². The van der Waals surface area contributed by atoms with Gasteiger partial charge in [0.15, 0.2) is 0 Å². The first-order valence-corrected chi connectivity index (χ1v) is 7.35. The maximum Gasteiger partial charge on any atom is 0.421 e. The Hall–Kier alpha value is -1.18. The summed E-state index contributed by atoms with van der Waals surface area (Å²) in [4.78, 5) is 11.1. The molecule has 1 N–H and O–H groups in total. The van der Waals surface area contributed by atoms with Gasteiger partial charge in [0.25, 0.3) is 0 Å². The molecule has 1 unspecified atom stereocenters. The average Bonchev–Trinajstić information content (AvgIpc) is 3.24. The number of amides is 1. The highest BCUT2D eigenvalue weighted by Gasteiger charge is 2.61. The molecule has 1 aromatic carbocycles. The molecule has 1 aromatic rings. The van der Waals surface area contributed by atoms with Crippen LogP contribution >= 0.6 is 23.2 Å². The summed E-state index contributed by atoms with van der Waals surface area (Å²) in [6, 6.07) is 6.65. The van der Waals surface area contributed by atoms with Gasteiger partial charge in [-0.15, -0.1) is 0 Å². The molecule has 0 bridgehead atoms. The van der Waals surface area contributed by atoms with Crippen molar-refractivity contribution in [2.24, 2.45) is 0 Å². The number of epoxide rings is 1. The van der Waals surface area contributed by atoms with Gasteiger partial charge in [0.05, 0.1) is 13.7 Å². The van der Waals surface area contributed by atoms with Crippen molar-refractivity contribution in [2.45, 2.75) is 29.1 Å². The SMILES string of the molecule is COC(=O)NCc1cccc(C2(CC(Cl)(Cl)C(F)(F)F)CO2)c1. The lowest BCUT2D eigenvalue weighted by atomic mass is 9.93. The highest BCUT2D eigenvalue weighted by Crippen LogP contribution is 2.53. The predicted octanol–water partition coefficient (Wildman–Crippen LogP) is 3.89. The van der Waals surface area contributed by atoms with E-state index in [1.54, 1.807) is 24.3 Å². The van der Waals surface area contributed by atoms with E-state index in [0.717, 1.165) is 0 Å². The maximum absolute atomic E-state index is 12.9. The van der Waals surface area contributed by atoms with Gasteiger partial charge in [0, 0.05) is 13.0 Å². The smallest absolute Gasteiger partial charge is 0.421 e. The zero-order valence-electron chi connectivity index (χ0n) is 12.0. The largest absolute Gasteiger partial charge is 0.453 e. The van der Waals surface area contributed by atoms with E-state index in [4.69, 9.17) is 27.9 Å². The molecule has 9 heteroatoms. The lowest BCUT2D eigenvalue weighted by Gasteiger charge is -2.26. The standard InChI is InChI=1S/C14H14Cl2F3NO3/c1-22-11(21)20-6-9-3-2-4-10(5-9)12(8-23-12)7-13(15,16)14(17,18)19/h2-5H,6-8H2,1H3,(H,20,21). The van der Waals surface area contributed by atoms with Crippen molar-refractivity contribution in [3.63, 3.8) is 0 Å². The van der Waals surface area contributed by atoms with Gasteiger partial charge in [-0.1, -0.05) is 47.5 Å². The summed E-state index contributed by atoms with van der Waals surface area (Å²) >= 11 is 10.9. The van der Waals surface area contributed by atoms with Crippen LogP contribution in [0, 0.1) is 0 Å². The number of carbonyl (C=O) groups excluding carboxylic acids is 1. The van der Waals surface area contributed by atoms with Crippen LogP contribution in [-0.4, -0.2) is 30.3 Å². The summed E-state index contributed by atoms with van der Waals surface area (Å²) < 4.78 is 45.3. The summed E-state index contributed by atoms with van der Waals surface area (Å²) in [7, 11) is 1.23. The Labute approximate surface area is 140 Å². The maximum atomic E-state index is 12.9. The second-order valence-corrected chi connectivity index (χ2v) is 6.69. The number of ether oxygens (including phenoxy) is 2. The molecule has 4 nitrogen and oxygen atoms in total. The quantitative estimate of drug-likeness (QED) is 0.630. The van der Waals surface area contributed by atoms with E-state index in [2.05, 4.69) is 10.1 Å². The van der Waals surface area contributed by atoms with E-state index in [9.17, 15) is 18.0 Å². The third-order valence-corrected chi connectivity index (χ3v) is 4.19. The van der Waals surface area contributed by atoms with Crippen LogP contribution in [-0.2, 0) is 21.6 Å². The molecule has 1 aliphatic heterocycles. The first-order chi connectivity index (χ1) is 10.6. The summed E-state index contributed by atoms with van der Waals surface area (Å²) in [5, 5.41) is 2.49. The lowest BCUT2D eigenvalue weighted by molar-refractivity contribution is -0.146. The molecular formula is C14H14Cl2F3NO3. The zero-order valence-corrected chi connectivity index (χ0v) is 13.6. The molecular weight excluding hydrogens is 358 g/mol. The van der Waals surface area contributed by atoms with E-state index in [1.807, 2.05) is 0 Å². The second-order valence-electron chi connectivity index (χ2n) is 5.21. The third-order valence-electron chi connectivity index (χ3n) is 3.49. The third kappa shape index (κ3) is 4.22. The van der Waals surface area contributed by atoms with Gasteiger partial charge in [-0.3, -0.25) is 0 Å². The van der Waals surface area contributed by atoms with Gasteiger partial charge in [-0.05, 0) is 11.1 Å². The van der Waals surface area contributed by atoms with Gasteiger partial charge in [0.1, 0.15) is 5.60 Å². The topological polar surface area (TPSA) is 50.9 Å². The number of methoxy groups -OCH3 is 1. The molecule has 1 atom stereocenters. The minimum Gasteiger partial charge on any atom is -0.453 e. The Morgan fingerprint density at radius 2 is 2.09 bits per heavy atom. The fourth-order valence-corrected chi connectivity index (χ4v) is 2.56. The molecule has 0 aliphatic carbocycles. The normalized spacial score (nSPS) is 21.0. The number of alkyl carbamates (subject to hydrolysis) is 1. The van der Waals surface area contributed by atoms with E-state index in [-0.39, 0.29) is 13.2 Å². The van der Waals surface area contributed by atoms with Gasteiger partial charge < -0.3 is 14.8 Å². The summed E-state index contributed by atoms with van der Waals surface area (Å²) in [5.74, 6) is 0. The van der Waals surface area contributed by atoms with Crippen LogP contribution in [0.5, 0.6) is 0 Å². The molecule has 1 heterocycles. The van der Waals surface area contributed by atoms with Crippen LogP contribution in [0.1, 0.15) is 17.5 Å². The molecule has 128 valence electrons. The Bertz CT molecular complexity index is 589. The number of halogens is 5. The number of rotatable bonds is 5. The Kier molecular flexibility index (Phi) is 5.03. The molecule has 1 aliphatic rings. The Balaban J connectivity index is 2.13. The van der Waals surface area contributed by atoms with Crippen LogP contribution in [0.25, 0.3) is 0 Å². The van der Waals surface area contributed by atoms with Crippen molar-refractivity contribution < 1.29 is 27.4 Å². The van der Waals surface area contributed by atoms with Crippen molar-refractivity contribution in [3.8, 4) is 0 Å². The van der Waals surface area contributed by atoms with Crippen LogP contribution in [0.4, 0.5) is 18.0 Å². The Morgan fingerprint density at radius 3 is 2.61 bits per heavy atom. The Morgan fingerprint density at radius 1 is 1.43 bits per heavy atom. The summed E-state index contributed by atoms with van der Waals surface area (Å²) in [6.45, 7) is 0.265. The molecule has 23 heavy (non-hydrogen) atoms. The molecule has 0 spiro atoms. The van der Waals surface area contributed by atoms with Crippen molar-refractivity contribution in [1.29, 1.82) is 0 Å². The van der Waals surface area contributed by atoms with Gasteiger partial charge >= 0.3 is 12.3 Å². The van der Waals surface area contributed by atoms with E-state index in [0.29, 0.717) is 11.1 Å². The first-order valence-electron chi connectivity index (χ1n) is 6.59. The van der Waals surface area contributed by atoms with Crippen LogP contribution in [0.2, 0.25) is 0 Å². The molecule has 1 saturated heterocycles. The number of nitrogens with one attached hydrogen (secondary N) is 1. The van der Waals surface area contributed by atoms with Crippen molar-refractivity contribution in [1.82, 2.24) is 5.32 Å². The van der Waals surface area contributed by atoms with Gasteiger partial charge in [-0.25, -0.2) is 4.79 Å². The molecule has 0 aromatic heterocycles. The van der Waals surface area contributed by atoms with Crippen LogP contribution in [0.3, 0.4) is 0 Å². The van der Waals surface area contributed by atoms with Crippen molar-refractivity contribution in [3.05, 3.63) is 35.4 Å². The molecule has 1 amide bonds. The van der Waals surface area contributed by atoms with Crippen molar-refractivity contribution >= 4 is 29.3 Å². The number of alkyl halides is 5. The molecule has 0 saturated carbocycles. The molecule has 2 rings (SSSR count). The van der Waals surface area contributed by atoms with E-state index < -0.39 is 28.6 Å². The second kappa shape index (κ2) is 6.37. The van der Waals surface area contributed by atoms with E-state index >= 15 is 0 Å². The lowest BCUT2D eigenvalue weighted by Crippen LogP contribution is -2.38. The minimum atomic E-state index is -4.76. The molecule has 1 fully saturated rings. The van der Waals surface area contributed by atoms with Crippen molar-refractivity contribution in [2.75, 3.05) is 13.7 Å². The number of benzene rings is 1.